The van der Waals surface area contributed by atoms with E-state index in [2.05, 4.69) is 5.32 Å². The van der Waals surface area contributed by atoms with E-state index in [1.54, 1.807) is 41.3 Å². The number of carbonyl (C=O) groups excluding carboxylic acids is 1. The Hall–Kier alpha value is -3.88. The lowest BCUT2D eigenvalue weighted by atomic mass is 9.91. The molecule has 1 aliphatic rings. The zero-order valence-electron chi connectivity index (χ0n) is 24.0. The first-order valence-electron chi connectivity index (χ1n) is 14.1. The zero-order chi connectivity index (χ0) is 32.5. The van der Waals surface area contributed by atoms with Gasteiger partial charge in [0.25, 0.3) is 5.91 Å². The lowest BCUT2D eigenvalue weighted by Gasteiger charge is -2.41. The van der Waals surface area contributed by atoms with Crippen LogP contribution in [0.3, 0.4) is 0 Å². The summed E-state index contributed by atoms with van der Waals surface area (Å²) in [6, 6.07) is 21.2. The largest absolute Gasteiger partial charge is 0.392 e. The molecule has 2 heterocycles. The Balaban J connectivity index is 1.26. The molecule has 1 aromatic heterocycles. The summed E-state index contributed by atoms with van der Waals surface area (Å²) < 4.78 is 84.3. The minimum atomic E-state index is -2.36. The molecule has 4 aromatic carbocycles. The van der Waals surface area contributed by atoms with Crippen molar-refractivity contribution in [3.8, 4) is 0 Å². The number of para-hydroxylation sites is 1. The van der Waals surface area contributed by atoms with Gasteiger partial charge in [0.1, 0.15) is 5.56 Å². The van der Waals surface area contributed by atoms with E-state index in [9.17, 15) is 31.9 Å². The first-order valence-corrected chi connectivity index (χ1v) is 15.9. The molecule has 46 heavy (non-hydrogen) atoms. The van der Waals surface area contributed by atoms with Crippen molar-refractivity contribution in [2.24, 2.45) is 5.92 Å². The smallest absolute Gasteiger partial charge is 0.261 e. The van der Waals surface area contributed by atoms with Crippen LogP contribution in [0.2, 0.25) is 0 Å². The predicted octanol–water partition coefficient (Wildman–Crippen LogP) is 8.32. The Morgan fingerprint density at radius 2 is 1.59 bits per heavy atom. The lowest BCUT2D eigenvalue weighted by Crippen LogP contribution is -2.38. The molecule has 1 fully saturated rings. The number of aliphatic hydroxyl groups excluding tert-OH is 1. The Morgan fingerprint density at radius 3 is 2.28 bits per heavy atom. The Labute approximate surface area is 268 Å². The molecule has 13 heteroatoms. The number of anilines is 1. The van der Waals surface area contributed by atoms with Crippen molar-refractivity contribution < 1.29 is 41.3 Å². The number of thioether (sulfide) groups is 1. The van der Waals surface area contributed by atoms with Crippen LogP contribution in [0.4, 0.5) is 27.6 Å². The van der Waals surface area contributed by atoms with Gasteiger partial charge < -0.3 is 19.9 Å². The van der Waals surface area contributed by atoms with Crippen LogP contribution in [-0.2, 0) is 16.1 Å². The average molecular weight is 673 g/mol. The number of amides is 1. The van der Waals surface area contributed by atoms with Gasteiger partial charge in [0.15, 0.2) is 33.9 Å². The molecule has 5 aromatic rings. The molecule has 6 nitrogen and oxygen atoms in total. The molecular weight excluding hydrogens is 647 g/mol. The fourth-order valence-electron chi connectivity index (χ4n) is 5.14. The molecule has 1 aliphatic heterocycles. The van der Waals surface area contributed by atoms with Crippen LogP contribution in [0, 0.1) is 35.0 Å². The fourth-order valence-corrected chi connectivity index (χ4v) is 7.39. The Kier molecular flexibility index (Phi) is 9.39. The zero-order valence-corrected chi connectivity index (χ0v) is 25.6. The molecule has 0 saturated carbocycles. The SMILES string of the molecule is CC1C(CSc2nc3ccccc3s2)OC(c2cccc(NC(=O)c3c(F)c(F)c(F)c(F)c3F)c2)OC1c1ccc(CO)cc1. The highest BCUT2D eigenvalue weighted by molar-refractivity contribution is 8.01. The number of rotatable bonds is 8. The van der Waals surface area contributed by atoms with Crippen LogP contribution < -0.4 is 5.32 Å². The van der Waals surface area contributed by atoms with E-state index in [1.165, 1.54) is 18.2 Å². The normalized spacial score (nSPS) is 19.8. The molecule has 1 saturated heterocycles. The number of fused-ring (bicyclic) bond motifs is 1. The second-order valence-corrected chi connectivity index (χ2v) is 12.9. The highest BCUT2D eigenvalue weighted by Gasteiger charge is 2.39. The number of nitrogens with one attached hydrogen (secondary N) is 1. The molecule has 6 rings (SSSR count). The van der Waals surface area contributed by atoms with Gasteiger partial charge in [0, 0.05) is 22.9 Å². The highest BCUT2D eigenvalue weighted by atomic mass is 32.2. The topological polar surface area (TPSA) is 80.7 Å². The number of halogens is 5. The number of ether oxygens (including phenoxy) is 2. The first kappa shape index (κ1) is 32.1. The number of thiazole rings is 1. The molecule has 0 radical (unpaired) electrons. The molecule has 1 amide bonds. The fraction of sp³-hybridized carbons (Fsp3) is 0.212. The number of carbonyl (C=O) groups is 1. The molecule has 0 aliphatic carbocycles. The number of aromatic nitrogens is 1. The van der Waals surface area contributed by atoms with Crippen molar-refractivity contribution in [1.82, 2.24) is 4.98 Å². The third-order valence-electron chi connectivity index (χ3n) is 7.62. The predicted molar refractivity (Wildman–Crippen MR) is 164 cm³/mol. The molecule has 238 valence electrons. The monoisotopic (exact) mass is 672 g/mol. The van der Waals surface area contributed by atoms with E-state index in [-0.39, 0.29) is 24.3 Å². The van der Waals surface area contributed by atoms with Gasteiger partial charge in [-0.1, -0.05) is 67.2 Å². The quantitative estimate of drug-likeness (QED) is 0.0747. The van der Waals surface area contributed by atoms with Gasteiger partial charge in [-0.3, -0.25) is 4.79 Å². The summed E-state index contributed by atoms with van der Waals surface area (Å²) in [5.41, 5.74) is 1.35. The summed E-state index contributed by atoms with van der Waals surface area (Å²) >= 11 is 3.13. The van der Waals surface area contributed by atoms with Crippen LogP contribution in [0.1, 0.15) is 46.4 Å². The first-order chi connectivity index (χ1) is 22.1. The number of benzene rings is 4. The molecular formula is C33H25F5N2O4S2. The maximum atomic E-state index is 14.3. The summed E-state index contributed by atoms with van der Waals surface area (Å²) in [5, 5.41) is 11.7. The van der Waals surface area contributed by atoms with Crippen LogP contribution >= 0.6 is 23.1 Å². The van der Waals surface area contributed by atoms with Crippen molar-refractivity contribution in [3.05, 3.63) is 124 Å². The van der Waals surface area contributed by atoms with Gasteiger partial charge in [-0.05, 0) is 35.4 Å². The van der Waals surface area contributed by atoms with E-state index < -0.39 is 53.0 Å². The Morgan fingerprint density at radius 1 is 0.891 bits per heavy atom. The third kappa shape index (κ3) is 6.38. The number of hydrogen-bond donors (Lipinski definition) is 2. The van der Waals surface area contributed by atoms with Crippen molar-refractivity contribution in [1.29, 1.82) is 0 Å². The van der Waals surface area contributed by atoms with E-state index >= 15 is 0 Å². The van der Waals surface area contributed by atoms with Gasteiger partial charge in [0.05, 0.1) is 29.0 Å². The van der Waals surface area contributed by atoms with Gasteiger partial charge in [0.2, 0.25) is 5.82 Å². The van der Waals surface area contributed by atoms with Gasteiger partial charge in [-0.25, -0.2) is 26.9 Å². The minimum absolute atomic E-state index is 0.0153. The van der Waals surface area contributed by atoms with E-state index in [0.717, 1.165) is 25.7 Å². The standard InChI is InChI=1S/C33H25F5N2O4S2/c1-16-22(15-45-33-40-21-7-2-3-8-23(21)46-33)43-32(44-30(16)18-11-9-17(14-41)10-12-18)19-5-4-6-20(13-19)39-31(42)24-25(34)27(36)29(38)28(37)26(24)35/h2-13,16,22,30,32,41H,14-15H2,1H3,(H,39,42). The maximum absolute atomic E-state index is 14.3. The van der Waals surface area contributed by atoms with Crippen molar-refractivity contribution in [3.63, 3.8) is 0 Å². The lowest BCUT2D eigenvalue weighted by molar-refractivity contribution is -0.268. The molecule has 4 atom stereocenters. The second-order valence-electron chi connectivity index (χ2n) is 10.6. The average Bonchev–Trinajstić information content (AvgIpc) is 3.49. The van der Waals surface area contributed by atoms with Crippen LogP contribution in [-0.4, -0.2) is 27.9 Å². The highest BCUT2D eigenvalue weighted by Crippen LogP contribution is 2.44. The molecule has 0 spiro atoms. The van der Waals surface area contributed by atoms with Crippen molar-refractivity contribution >= 4 is 44.9 Å². The van der Waals surface area contributed by atoms with Gasteiger partial charge >= 0.3 is 0 Å². The molecule has 0 bridgehead atoms. The summed E-state index contributed by atoms with van der Waals surface area (Å²) in [6.07, 6.45) is -1.74. The second kappa shape index (κ2) is 13.5. The summed E-state index contributed by atoms with van der Waals surface area (Å²) in [4.78, 5) is 17.4. The number of aliphatic hydroxyl groups is 1. The van der Waals surface area contributed by atoms with Crippen molar-refractivity contribution in [2.45, 2.75) is 36.4 Å². The Bertz CT molecular complexity index is 1840. The number of hydrogen-bond acceptors (Lipinski definition) is 7. The van der Waals surface area contributed by atoms with Crippen LogP contribution in [0.25, 0.3) is 10.2 Å². The van der Waals surface area contributed by atoms with E-state index in [1.807, 2.05) is 43.3 Å². The van der Waals surface area contributed by atoms with Gasteiger partial charge in [-0.15, -0.1) is 11.3 Å². The molecule has 4 unspecified atom stereocenters. The van der Waals surface area contributed by atoms with Gasteiger partial charge in [-0.2, -0.15) is 0 Å². The summed E-state index contributed by atoms with van der Waals surface area (Å²) in [5.74, 6) is -12.4. The minimum Gasteiger partial charge on any atom is -0.392 e. The summed E-state index contributed by atoms with van der Waals surface area (Å²) in [6.45, 7) is 1.89. The van der Waals surface area contributed by atoms with E-state index in [0.29, 0.717) is 11.3 Å². The summed E-state index contributed by atoms with van der Waals surface area (Å²) in [7, 11) is 0. The van der Waals surface area contributed by atoms with E-state index in [4.69, 9.17) is 14.5 Å². The van der Waals surface area contributed by atoms with Crippen LogP contribution in [0.15, 0.2) is 77.1 Å². The van der Waals surface area contributed by atoms with Crippen molar-refractivity contribution in [2.75, 3.05) is 11.1 Å². The van der Waals surface area contributed by atoms with Crippen LogP contribution in [0.5, 0.6) is 0 Å². The molecule has 2 N–H and O–H groups in total. The third-order valence-corrected chi connectivity index (χ3v) is 9.89. The maximum Gasteiger partial charge on any atom is 0.261 e. The number of nitrogens with zero attached hydrogens (tertiary/aromatic N) is 1.